The van der Waals surface area contributed by atoms with Gasteiger partial charge in [0.25, 0.3) is 5.91 Å². The lowest BCUT2D eigenvalue weighted by Gasteiger charge is -2.22. The van der Waals surface area contributed by atoms with Crippen molar-refractivity contribution in [1.29, 1.82) is 0 Å². The Morgan fingerprint density at radius 3 is 2.71 bits per heavy atom. The SMILES string of the molecule is COc1cc(C(=O)NCC2CCOCC2)ccc1OCCC(C)C. The van der Waals surface area contributed by atoms with Crippen LogP contribution in [0.25, 0.3) is 0 Å². The van der Waals surface area contributed by atoms with Crippen LogP contribution in [0.3, 0.4) is 0 Å². The molecule has 0 bridgehead atoms. The molecular weight excluding hydrogens is 306 g/mol. The highest BCUT2D eigenvalue weighted by Gasteiger charge is 2.16. The van der Waals surface area contributed by atoms with Crippen LogP contribution in [0.5, 0.6) is 11.5 Å². The molecule has 1 heterocycles. The van der Waals surface area contributed by atoms with Gasteiger partial charge in [-0.3, -0.25) is 4.79 Å². The summed E-state index contributed by atoms with van der Waals surface area (Å²) in [6, 6.07) is 5.33. The molecular formula is C19H29NO4. The molecule has 2 rings (SSSR count). The fourth-order valence-electron chi connectivity index (χ4n) is 2.62. The molecule has 0 saturated carbocycles. The van der Waals surface area contributed by atoms with Crippen LogP contribution in [-0.4, -0.2) is 39.4 Å². The van der Waals surface area contributed by atoms with Gasteiger partial charge in [-0.1, -0.05) is 13.8 Å². The van der Waals surface area contributed by atoms with Crippen LogP contribution in [0.15, 0.2) is 18.2 Å². The van der Waals surface area contributed by atoms with Gasteiger partial charge in [0.2, 0.25) is 0 Å². The van der Waals surface area contributed by atoms with Crippen molar-refractivity contribution in [3.05, 3.63) is 23.8 Å². The number of benzene rings is 1. The van der Waals surface area contributed by atoms with E-state index in [1.54, 1.807) is 19.2 Å². The number of ether oxygens (including phenoxy) is 3. The number of carbonyl (C=O) groups is 1. The van der Waals surface area contributed by atoms with Crippen molar-refractivity contribution in [3.63, 3.8) is 0 Å². The lowest BCUT2D eigenvalue weighted by molar-refractivity contribution is 0.0642. The van der Waals surface area contributed by atoms with Gasteiger partial charge in [0.1, 0.15) is 0 Å². The number of amides is 1. The number of methoxy groups -OCH3 is 1. The van der Waals surface area contributed by atoms with Crippen LogP contribution in [0.2, 0.25) is 0 Å². The van der Waals surface area contributed by atoms with Crippen LogP contribution >= 0.6 is 0 Å². The van der Waals surface area contributed by atoms with Gasteiger partial charge in [-0.25, -0.2) is 0 Å². The molecule has 1 amide bonds. The normalized spacial score (nSPS) is 15.3. The van der Waals surface area contributed by atoms with E-state index in [2.05, 4.69) is 19.2 Å². The average molecular weight is 335 g/mol. The quantitative estimate of drug-likeness (QED) is 0.792. The second-order valence-corrected chi connectivity index (χ2v) is 6.66. The molecule has 134 valence electrons. The number of hydrogen-bond donors (Lipinski definition) is 1. The van der Waals surface area contributed by atoms with E-state index in [0.29, 0.717) is 42.0 Å². The van der Waals surface area contributed by atoms with Crippen LogP contribution in [0, 0.1) is 11.8 Å². The summed E-state index contributed by atoms with van der Waals surface area (Å²) in [6.07, 6.45) is 2.99. The first-order chi connectivity index (χ1) is 11.6. The Balaban J connectivity index is 1.90. The fourth-order valence-corrected chi connectivity index (χ4v) is 2.62. The Hall–Kier alpha value is -1.75. The smallest absolute Gasteiger partial charge is 0.251 e. The van der Waals surface area contributed by atoms with Gasteiger partial charge in [-0.2, -0.15) is 0 Å². The second-order valence-electron chi connectivity index (χ2n) is 6.66. The molecule has 0 aromatic heterocycles. The Morgan fingerprint density at radius 2 is 2.04 bits per heavy atom. The third-order valence-electron chi connectivity index (χ3n) is 4.27. The summed E-state index contributed by atoms with van der Waals surface area (Å²) >= 11 is 0. The molecule has 1 saturated heterocycles. The molecule has 1 fully saturated rings. The van der Waals surface area contributed by atoms with Gasteiger partial charge in [-0.05, 0) is 49.3 Å². The predicted molar refractivity (Wildman–Crippen MR) is 93.8 cm³/mol. The number of nitrogens with one attached hydrogen (secondary N) is 1. The second kappa shape index (κ2) is 9.52. The first kappa shape index (κ1) is 18.6. The first-order valence-corrected chi connectivity index (χ1v) is 8.77. The van der Waals surface area contributed by atoms with E-state index >= 15 is 0 Å². The summed E-state index contributed by atoms with van der Waals surface area (Å²) in [6.45, 7) is 7.23. The van der Waals surface area contributed by atoms with E-state index in [9.17, 15) is 4.79 Å². The zero-order chi connectivity index (χ0) is 17.4. The van der Waals surface area contributed by atoms with Crippen molar-refractivity contribution in [1.82, 2.24) is 5.32 Å². The Morgan fingerprint density at radius 1 is 1.29 bits per heavy atom. The van der Waals surface area contributed by atoms with Gasteiger partial charge in [-0.15, -0.1) is 0 Å². The maximum absolute atomic E-state index is 12.3. The summed E-state index contributed by atoms with van der Waals surface area (Å²) in [7, 11) is 1.59. The molecule has 5 heteroatoms. The molecule has 1 N–H and O–H groups in total. The molecule has 0 unspecified atom stereocenters. The van der Waals surface area contributed by atoms with Crippen LogP contribution < -0.4 is 14.8 Å². The van der Waals surface area contributed by atoms with Crippen molar-refractivity contribution >= 4 is 5.91 Å². The van der Waals surface area contributed by atoms with E-state index in [-0.39, 0.29) is 5.91 Å². The molecule has 0 radical (unpaired) electrons. The summed E-state index contributed by atoms with van der Waals surface area (Å²) in [5, 5.41) is 3.01. The summed E-state index contributed by atoms with van der Waals surface area (Å²) in [4.78, 5) is 12.3. The van der Waals surface area contributed by atoms with Gasteiger partial charge >= 0.3 is 0 Å². The van der Waals surface area contributed by atoms with Crippen LogP contribution in [-0.2, 0) is 4.74 Å². The minimum Gasteiger partial charge on any atom is -0.493 e. The zero-order valence-corrected chi connectivity index (χ0v) is 15.0. The molecule has 0 aliphatic carbocycles. The fraction of sp³-hybridized carbons (Fsp3) is 0.632. The van der Waals surface area contributed by atoms with Crippen molar-refractivity contribution < 1.29 is 19.0 Å². The molecule has 1 aliphatic rings. The molecule has 1 aromatic carbocycles. The average Bonchev–Trinajstić information content (AvgIpc) is 2.60. The van der Waals surface area contributed by atoms with Gasteiger partial charge < -0.3 is 19.5 Å². The molecule has 0 spiro atoms. The standard InChI is InChI=1S/C19H29NO4/c1-14(2)6-11-24-17-5-4-16(12-18(17)22-3)19(21)20-13-15-7-9-23-10-8-15/h4-5,12,14-15H,6-11,13H2,1-3H3,(H,20,21). The highest BCUT2D eigenvalue weighted by molar-refractivity contribution is 5.94. The zero-order valence-electron chi connectivity index (χ0n) is 15.0. The maximum atomic E-state index is 12.3. The minimum atomic E-state index is -0.0754. The Kier molecular flexibility index (Phi) is 7.37. The lowest BCUT2D eigenvalue weighted by Crippen LogP contribution is -2.32. The highest BCUT2D eigenvalue weighted by Crippen LogP contribution is 2.28. The van der Waals surface area contributed by atoms with E-state index in [1.165, 1.54) is 0 Å². The summed E-state index contributed by atoms with van der Waals surface area (Å²) < 4.78 is 16.5. The topological polar surface area (TPSA) is 56.8 Å². The van der Waals surface area contributed by atoms with Gasteiger partial charge in [0, 0.05) is 25.3 Å². The summed E-state index contributed by atoms with van der Waals surface area (Å²) in [5.74, 6) is 2.29. The summed E-state index contributed by atoms with van der Waals surface area (Å²) in [5.41, 5.74) is 0.593. The van der Waals surface area contributed by atoms with E-state index in [0.717, 1.165) is 32.5 Å². The highest BCUT2D eigenvalue weighted by atomic mass is 16.5. The van der Waals surface area contributed by atoms with Crippen molar-refractivity contribution in [2.75, 3.05) is 33.5 Å². The Labute approximate surface area is 144 Å². The van der Waals surface area contributed by atoms with Crippen LogP contribution in [0.4, 0.5) is 0 Å². The number of hydrogen-bond acceptors (Lipinski definition) is 4. The van der Waals surface area contributed by atoms with E-state index < -0.39 is 0 Å². The lowest BCUT2D eigenvalue weighted by atomic mass is 10.0. The largest absolute Gasteiger partial charge is 0.493 e. The molecule has 24 heavy (non-hydrogen) atoms. The van der Waals surface area contributed by atoms with Crippen LogP contribution in [0.1, 0.15) is 43.5 Å². The van der Waals surface area contributed by atoms with Crippen molar-refractivity contribution in [3.8, 4) is 11.5 Å². The molecule has 0 atom stereocenters. The maximum Gasteiger partial charge on any atom is 0.251 e. The predicted octanol–water partition coefficient (Wildman–Crippen LogP) is 3.28. The van der Waals surface area contributed by atoms with Crippen molar-refractivity contribution in [2.24, 2.45) is 11.8 Å². The monoisotopic (exact) mass is 335 g/mol. The molecule has 5 nitrogen and oxygen atoms in total. The van der Waals surface area contributed by atoms with Gasteiger partial charge in [0.05, 0.1) is 13.7 Å². The van der Waals surface area contributed by atoms with E-state index in [1.807, 2.05) is 6.07 Å². The third-order valence-corrected chi connectivity index (χ3v) is 4.27. The first-order valence-electron chi connectivity index (χ1n) is 8.77. The third kappa shape index (κ3) is 5.71. The number of carbonyl (C=O) groups excluding carboxylic acids is 1. The molecule has 1 aliphatic heterocycles. The Bertz CT molecular complexity index is 524. The van der Waals surface area contributed by atoms with Gasteiger partial charge in [0.15, 0.2) is 11.5 Å². The van der Waals surface area contributed by atoms with E-state index in [4.69, 9.17) is 14.2 Å². The molecule has 1 aromatic rings. The van der Waals surface area contributed by atoms with Crippen molar-refractivity contribution in [2.45, 2.75) is 33.1 Å². The minimum absolute atomic E-state index is 0.0754. The number of rotatable bonds is 8.